The topological polar surface area (TPSA) is 27.1 Å². The van der Waals surface area contributed by atoms with Crippen LogP contribution in [-0.4, -0.2) is 16.7 Å². The van der Waals surface area contributed by atoms with Crippen LogP contribution in [0.4, 0.5) is 0 Å². The first kappa shape index (κ1) is 11.2. The third kappa shape index (κ3) is 2.64. The molecule has 0 aliphatic rings. The van der Waals surface area contributed by atoms with E-state index in [9.17, 15) is 0 Å². The normalized spacial score (nSPS) is 10.4. The molecule has 2 aromatic rings. The van der Waals surface area contributed by atoms with Crippen LogP contribution in [0.5, 0.6) is 5.75 Å². The Morgan fingerprint density at radius 3 is 3.00 bits per heavy atom. The first-order valence-corrected chi connectivity index (χ1v) is 5.88. The number of nitrogens with zero attached hydrogens (tertiary/aromatic N) is 2. The van der Waals surface area contributed by atoms with Crippen molar-refractivity contribution in [3.05, 3.63) is 47.0 Å². The lowest BCUT2D eigenvalue weighted by atomic mass is 10.1. The van der Waals surface area contributed by atoms with E-state index in [0.29, 0.717) is 0 Å². The fourth-order valence-corrected chi connectivity index (χ4v) is 1.97. The second-order valence-electron chi connectivity index (χ2n) is 3.49. The van der Waals surface area contributed by atoms with Crippen molar-refractivity contribution < 1.29 is 4.74 Å². The van der Waals surface area contributed by atoms with Gasteiger partial charge in [-0.25, -0.2) is 4.98 Å². The Hall–Kier alpha value is -1.29. The minimum Gasteiger partial charge on any atom is -0.497 e. The molecule has 3 nitrogen and oxygen atoms in total. The van der Waals surface area contributed by atoms with E-state index >= 15 is 0 Å². The van der Waals surface area contributed by atoms with E-state index in [4.69, 9.17) is 4.74 Å². The van der Waals surface area contributed by atoms with Gasteiger partial charge in [-0.2, -0.15) is 0 Å². The summed E-state index contributed by atoms with van der Waals surface area (Å²) in [5.41, 5.74) is 1.26. The Morgan fingerprint density at radius 2 is 2.31 bits per heavy atom. The van der Waals surface area contributed by atoms with Gasteiger partial charge in [0.05, 0.1) is 7.11 Å². The van der Waals surface area contributed by atoms with Gasteiger partial charge in [0.25, 0.3) is 0 Å². The first-order valence-electron chi connectivity index (χ1n) is 5.09. The van der Waals surface area contributed by atoms with Crippen LogP contribution >= 0.6 is 15.9 Å². The monoisotopic (exact) mass is 280 g/mol. The predicted octanol–water partition coefficient (Wildman–Crippen LogP) is 2.90. The molecule has 0 aliphatic carbocycles. The largest absolute Gasteiger partial charge is 0.497 e. The van der Waals surface area contributed by atoms with Crippen LogP contribution in [0.3, 0.4) is 0 Å². The molecule has 0 amide bonds. The number of methoxy groups -OCH3 is 1. The van der Waals surface area contributed by atoms with Crippen LogP contribution in [0.1, 0.15) is 5.56 Å². The van der Waals surface area contributed by atoms with Crippen LogP contribution < -0.4 is 4.74 Å². The molecule has 84 valence electrons. The van der Waals surface area contributed by atoms with E-state index in [2.05, 4.69) is 37.6 Å². The van der Waals surface area contributed by atoms with Crippen molar-refractivity contribution in [2.24, 2.45) is 0 Å². The van der Waals surface area contributed by atoms with Gasteiger partial charge in [-0.3, -0.25) is 0 Å². The maximum Gasteiger partial charge on any atom is 0.177 e. The molecule has 0 fully saturated rings. The van der Waals surface area contributed by atoms with Gasteiger partial charge in [-0.05, 0) is 40.0 Å². The molecule has 0 spiro atoms. The summed E-state index contributed by atoms with van der Waals surface area (Å²) in [4.78, 5) is 4.12. The van der Waals surface area contributed by atoms with Crippen LogP contribution in [0.25, 0.3) is 0 Å². The molecule has 16 heavy (non-hydrogen) atoms. The zero-order valence-electron chi connectivity index (χ0n) is 9.06. The third-order valence-electron chi connectivity index (χ3n) is 2.44. The summed E-state index contributed by atoms with van der Waals surface area (Å²) in [6.45, 7) is 0.910. The molecule has 0 aliphatic heterocycles. The molecule has 0 N–H and O–H groups in total. The molecular formula is C12H13BrN2O. The molecule has 0 saturated carbocycles. The number of benzene rings is 1. The van der Waals surface area contributed by atoms with Gasteiger partial charge in [-0.15, -0.1) is 0 Å². The van der Waals surface area contributed by atoms with E-state index in [1.807, 2.05) is 18.3 Å². The Morgan fingerprint density at radius 1 is 1.44 bits per heavy atom. The Kier molecular flexibility index (Phi) is 3.62. The fourth-order valence-electron chi connectivity index (χ4n) is 1.56. The van der Waals surface area contributed by atoms with E-state index in [1.165, 1.54) is 5.56 Å². The summed E-state index contributed by atoms with van der Waals surface area (Å²) < 4.78 is 8.13. The highest BCUT2D eigenvalue weighted by Crippen LogP contribution is 2.14. The number of halogens is 1. The average Bonchev–Trinajstić information content (AvgIpc) is 2.72. The lowest BCUT2D eigenvalue weighted by Gasteiger charge is -2.06. The molecule has 0 unspecified atom stereocenters. The summed E-state index contributed by atoms with van der Waals surface area (Å²) in [7, 11) is 1.69. The lowest BCUT2D eigenvalue weighted by molar-refractivity contribution is 0.414. The Labute approximate surface area is 103 Å². The number of hydrogen-bond donors (Lipinski definition) is 0. The van der Waals surface area contributed by atoms with Crippen molar-refractivity contribution >= 4 is 15.9 Å². The third-order valence-corrected chi connectivity index (χ3v) is 3.10. The molecular weight excluding hydrogens is 268 g/mol. The zero-order valence-corrected chi connectivity index (χ0v) is 10.6. The van der Waals surface area contributed by atoms with Gasteiger partial charge in [0.15, 0.2) is 4.73 Å². The molecule has 0 bridgehead atoms. The highest BCUT2D eigenvalue weighted by Gasteiger charge is 2.00. The van der Waals surface area contributed by atoms with Crippen molar-refractivity contribution in [3.8, 4) is 5.75 Å². The summed E-state index contributed by atoms with van der Waals surface area (Å²) in [5, 5.41) is 0. The number of hydrogen-bond acceptors (Lipinski definition) is 2. The molecule has 2 rings (SSSR count). The SMILES string of the molecule is COc1cccc(CCn2ccnc2Br)c1. The van der Waals surface area contributed by atoms with Crippen LogP contribution in [0.15, 0.2) is 41.4 Å². The molecule has 1 aromatic heterocycles. The number of rotatable bonds is 4. The van der Waals surface area contributed by atoms with Gasteiger partial charge < -0.3 is 9.30 Å². The maximum atomic E-state index is 5.19. The van der Waals surface area contributed by atoms with E-state index < -0.39 is 0 Å². The van der Waals surface area contributed by atoms with Gasteiger partial charge in [0, 0.05) is 18.9 Å². The van der Waals surface area contributed by atoms with Gasteiger partial charge >= 0.3 is 0 Å². The zero-order chi connectivity index (χ0) is 11.4. The van der Waals surface area contributed by atoms with Crippen molar-refractivity contribution in [2.75, 3.05) is 7.11 Å². The van der Waals surface area contributed by atoms with Crippen LogP contribution in [0.2, 0.25) is 0 Å². The predicted molar refractivity (Wildman–Crippen MR) is 66.6 cm³/mol. The van der Waals surface area contributed by atoms with Crippen molar-refractivity contribution in [1.29, 1.82) is 0 Å². The van der Waals surface area contributed by atoms with E-state index in [0.717, 1.165) is 23.4 Å². The fraction of sp³-hybridized carbons (Fsp3) is 0.250. The summed E-state index contributed by atoms with van der Waals surface area (Å²) in [6.07, 6.45) is 4.71. The van der Waals surface area contributed by atoms with Gasteiger partial charge in [0.2, 0.25) is 0 Å². The van der Waals surface area contributed by atoms with E-state index in [1.54, 1.807) is 13.3 Å². The van der Waals surface area contributed by atoms with Gasteiger partial charge in [0.1, 0.15) is 5.75 Å². The number of ether oxygens (including phenoxy) is 1. The molecule has 1 heterocycles. The maximum absolute atomic E-state index is 5.19. The quantitative estimate of drug-likeness (QED) is 0.861. The van der Waals surface area contributed by atoms with Crippen molar-refractivity contribution in [2.45, 2.75) is 13.0 Å². The molecule has 1 aromatic carbocycles. The minimum absolute atomic E-state index is 0.871. The van der Waals surface area contributed by atoms with Crippen molar-refractivity contribution in [1.82, 2.24) is 9.55 Å². The number of aromatic nitrogens is 2. The van der Waals surface area contributed by atoms with Crippen LogP contribution in [0, 0.1) is 0 Å². The summed E-state index contributed by atoms with van der Waals surface area (Å²) in [6, 6.07) is 8.13. The summed E-state index contributed by atoms with van der Waals surface area (Å²) in [5.74, 6) is 0.905. The second kappa shape index (κ2) is 5.16. The molecule has 4 heteroatoms. The molecule has 0 atom stereocenters. The Balaban J connectivity index is 2.02. The minimum atomic E-state index is 0.871. The highest BCUT2D eigenvalue weighted by atomic mass is 79.9. The van der Waals surface area contributed by atoms with Crippen molar-refractivity contribution in [3.63, 3.8) is 0 Å². The van der Waals surface area contributed by atoms with E-state index in [-0.39, 0.29) is 0 Å². The summed E-state index contributed by atoms with van der Waals surface area (Å²) >= 11 is 3.40. The smallest absolute Gasteiger partial charge is 0.177 e. The highest BCUT2D eigenvalue weighted by molar-refractivity contribution is 9.10. The van der Waals surface area contributed by atoms with Gasteiger partial charge in [-0.1, -0.05) is 12.1 Å². The standard InChI is InChI=1S/C12H13BrN2O/c1-16-11-4-2-3-10(9-11)5-7-15-8-6-14-12(15)13/h2-4,6,8-9H,5,7H2,1H3. The lowest BCUT2D eigenvalue weighted by Crippen LogP contribution is -2.00. The van der Waals surface area contributed by atoms with Crippen LogP contribution in [-0.2, 0) is 13.0 Å². The average molecular weight is 281 g/mol. The number of aryl methyl sites for hydroxylation is 2. The first-order chi connectivity index (χ1) is 7.79. The Bertz CT molecular complexity index is 468. The molecule has 0 saturated heterocycles. The second-order valence-corrected chi connectivity index (χ2v) is 4.20. The molecule has 0 radical (unpaired) electrons. The number of imidazole rings is 1.